The highest BCUT2D eigenvalue weighted by Crippen LogP contribution is 2.24. The van der Waals surface area contributed by atoms with Crippen molar-refractivity contribution in [2.75, 3.05) is 5.32 Å². The molecule has 96 valence electrons. The number of aromatic nitrogens is 1. The highest BCUT2D eigenvalue weighted by Gasteiger charge is 2.05. The zero-order valence-corrected chi connectivity index (χ0v) is 12.6. The quantitative estimate of drug-likeness (QED) is 0.838. The molecule has 0 saturated carbocycles. The van der Waals surface area contributed by atoms with Crippen molar-refractivity contribution in [2.24, 2.45) is 0 Å². The Hall–Kier alpha value is -0.920. The van der Waals surface area contributed by atoms with Gasteiger partial charge in [0.1, 0.15) is 0 Å². The van der Waals surface area contributed by atoms with Crippen LogP contribution in [0.2, 0.25) is 0 Å². The standard InChI is InChI=1S/C11H11BrN2O2S2/c12-9-3-2-8(18-9)5-13-11-14-7(6-17-11)1-4-10(15)16/h2-3,6H,1,4-5H2,(H,13,14)(H,15,16). The number of halogens is 1. The van der Waals surface area contributed by atoms with E-state index in [-0.39, 0.29) is 6.42 Å². The Morgan fingerprint density at radius 1 is 1.50 bits per heavy atom. The fourth-order valence-corrected chi connectivity index (χ4v) is 3.51. The first-order chi connectivity index (χ1) is 8.63. The summed E-state index contributed by atoms with van der Waals surface area (Å²) < 4.78 is 1.11. The molecule has 0 spiro atoms. The minimum atomic E-state index is -0.791. The third kappa shape index (κ3) is 4.08. The van der Waals surface area contributed by atoms with E-state index in [9.17, 15) is 4.79 Å². The highest BCUT2D eigenvalue weighted by atomic mass is 79.9. The largest absolute Gasteiger partial charge is 0.481 e. The molecule has 2 N–H and O–H groups in total. The van der Waals surface area contributed by atoms with Crippen LogP contribution in [0.15, 0.2) is 21.3 Å². The Bertz CT molecular complexity index is 539. The van der Waals surface area contributed by atoms with Crippen LogP contribution >= 0.6 is 38.6 Å². The first-order valence-electron chi connectivity index (χ1n) is 5.28. The molecular weight excluding hydrogens is 336 g/mol. The summed E-state index contributed by atoms with van der Waals surface area (Å²) in [6, 6.07) is 4.07. The summed E-state index contributed by atoms with van der Waals surface area (Å²) in [7, 11) is 0. The van der Waals surface area contributed by atoms with Gasteiger partial charge in [-0.1, -0.05) is 0 Å². The number of thiazole rings is 1. The number of hydrogen-bond donors (Lipinski definition) is 2. The van der Waals surface area contributed by atoms with E-state index in [0.29, 0.717) is 6.42 Å². The summed E-state index contributed by atoms with van der Waals surface area (Å²) in [5.74, 6) is -0.791. The molecule has 2 aromatic heterocycles. The van der Waals surface area contributed by atoms with Gasteiger partial charge < -0.3 is 10.4 Å². The monoisotopic (exact) mass is 346 g/mol. The van der Waals surface area contributed by atoms with Gasteiger partial charge in [-0.05, 0) is 28.1 Å². The Balaban J connectivity index is 1.84. The molecule has 0 aromatic carbocycles. The van der Waals surface area contributed by atoms with Crippen LogP contribution in [0.25, 0.3) is 0 Å². The van der Waals surface area contributed by atoms with Crippen LogP contribution in [0.1, 0.15) is 17.0 Å². The molecule has 0 fully saturated rings. The van der Waals surface area contributed by atoms with E-state index >= 15 is 0 Å². The van der Waals surface area contributed by atoms with Gasteiger partial charge in [-0.15, -0.1) is 22.7 Å². The first-order valence-corrected chi connectivity index (χ1v) is 7.76. The normalized spacial score (nSPS) is 10.5. The molecule has 0 aliphatic rings. The van der Waals surface area contributed by atoms with Gasteiger partial charge in [0.05, 0.1) is 22.4 Å². The van der Waals surface area contributed by atoms with Crippen LogP contribution in [0, 0.1) is 0 Å². The molecule has 7 heteroatoms. The summed E-state index contributed by atoms with van der Waals surface area (Å²) in [5, 5.41) is 14.6. The molecule has 0 amide bonds. The van der Waals surface area contributed by atoms with E-state index < -0.39 is 5.97 Å². The van der Waals surface area contributed by atoms with Gasteiger partial charge in [0, 0.05) is 16.7 Å². The molecule has 18 heavy (non-hydrogen) atoms. The Labute approximate surface area is 121 Å². The fraction of sp³-hybridized carbons (Fsp3) is 0.273. The van der Waals surface area contributed by atoms with E-state index in [0.717, 1.165) is 21.2 Å². The minimum Gasteiger partial charge on any atom is -0.481 e. The maximum Gasteiger partial charge on any atom is 0.303 e. The maximum absolute atomic E-state index is 10.4. The number of carbonyl (C=O) groups is 1. The second-order valence-corrected chi connectivity index (χ2v) is 7.00. The lowest BCUT2D eigenvalue weighted by molar-refractivity contribution is -0.136. The average molecular weight is 347 g/mol. The summed E-state index contributed by atoms with van der Waals surface area (Å²) >= 11 is 6.60. The van der Waals surface area contributed by atoms with Crippen molar-refractivity contribution in [1.82, 2.24) is 4.98 Å². The lowest BCUT2D eigenvalue weighted by Crippen LogP contribution is -1.99. The average Bonchev–Trinajstić information content (AvgIpc) is 2.93. The summed E-state index contributed by atoms with van der Waals surface area (Å²) in [5.41, 5.74) is 0.831. The van der Waals surface area contributed by atoms with Crippen LogP contribution in [0.5, 0.6) is 0 Å². The van der Waals surface area contributed by atoms with Gasteiger partial charge in [-0.2, -0.15) is 0 Å². The molecule has 0 atom stereocenters. The fourth-order valence-electron chi connectivity index (χ4n) is 1.35. The van der Waals surface area contributed by atoms with Crippen molar-refractivity contribution in [3.63, 3.8) is 0 Å². The van der Waals surface area contributed by atoms with Crippen molar-refractivity contribution in [1.29, 1.82) is 0 Å². The van der Waals surface area contributed by atoms with Gasteiger partial charge >= 0.3 is 5.97 Å². The number of carboxylic acids is 1. The van der Waals surface area contributed by atoms with Gasteiger partial charge in [-0.25, -0.2) is 4.98 Å². The Morgan fingerprint density at radius 3 is 3.00 bits per heavy atom. The van der Waals surface area contributed by atoms with Gasteiger partial charge in [0.15, 0.2) is 5.13 Å². The lowest BCUT2D eigenvalue weighted by atomic mass is 10.2. The number of thiophene rings is 1. The molecule has 0 radical (unpaired) electrons. The number of anilines is 1. The van der Waals surface area contributed by atoms with Gasteiger partial charge in [0.2, 0.25) is 0 Å². The van der Waals surface area contributed by atoms with Crippen LogP contribution in [-0.2, 0) is 17.8 Å². The number of carboxylic acid groups (broad SMARTS) is 1. The van der Waals surface area contributed by atoms with Crippen LogP contribution in [0.3, 0.4) is 0 Å². The van der Waals surface area contributed by atoms with Crippen molar-refractivity contribution >= 4 is 49.7 Å². The third-order valence-electron chi connectivity index (χ3n) is 2.19. The summed E-state index contributed by atoms with van der Waals surface area (Å²) in [6.45, 7) is 0.738. The first kappa shape index (κ1) is 13.5. The molecule has 2 rings (SSSR count). The molecule has 4 nitrogen and oxygen atoms in total. The predicted octanol–water partition coefficient (Wildman–Crippen LogP) is 3.60. The smallest absolute Gasteiger partial charge is 0.303 e. The van der Waals surface area contributed by atoms with Crippen molar-refractivity contribution in [2.45, 2.75) is 19.4 Å². The van der Waals surface area contributed by atoms with E-state index in [2.05, 4.69) is 32.3 Å². The van der Waals surface area contributed by atoms with Gasteiger partial charge in [0.25, 0.3) is 0 Å². The lowest BCUT2D eigenvalue weighted by Gasteiger charge is -1.98. The topological polar surface area (TPSA) is 62.2 Å². The molecule has 2 aromatic rings. The molecule has 0 saturated heterocycles. The summed E-state index contributed by atoms with van der Waals surface area (Å²) in [4.78, 5) is 16.0. The second-order valence-electron chi connectivity index (χ2n) is 3.60. The van der Waals surface area contributed by atoms with E-state index in [1.165, 1.54) is 16.2 Å². The minimum absolute atomic E-state index is 0.126. The molecule has 0 bridgehead atoms. The zero-order chi connectivity index (χ0) is 13.0. The molecule has 0 unspecified atom stereocenters. The molecule has 0 aliphatic heterocycles. The van der Waals surface area contributed by atoms with Crippen molar-refractivity contribution in [3.05, 3.63) is 31.9 Å². The van der Waals surface area contributed by atoms with E-state index in [1.54, 1.807) is 11.3 Å². The number of nitrogens with one attached hydrogen (secondary N) is 1. The molecule has 0 aliphatic carbocycles. The van der Waals surface area contributed by atoms with E-state index in [4.69, 9.17) is 5.11 Å². The Kier molecular flexibility index (Phi) is 4.73. The van der Waals surface area contributed by atoms with Crippen LogP contribution in [-0.4, -0.2) is 16.1 Å². The van der Waals surface area contributed by atoms with Crippen molar-refractivity contribution in [3.8, 4) is 0 Å². The van der Waals surface area contributed by atoms with Crippen molar-refractivity contribution < 1.29 is 9.90 Å². The second kappa shape index (κ2) is 6.31. The molecular formula is C11H11BrN2O2S2. The third-order valence-corrected chi connectivity index (χ3v) is 4.66. The Morgan fingerprint density at radius 2 is 2.33 bits per heavy atom. The number of rotatable bonds is 6. The van der Waals surface area contributed by atoms with Crippen LogP contribution < -0.4 is 5.32 Å². The SMILES string of the molecule is O=C(O)CCc1csc(NCc2ccc(Br)s2)n1. The zero-order valence-electron chi connectivity index (χ0n) is 9.35. The van der Waals surface area contributed by atoms with E-state index in [1.807, 2.05) is 11.4 Å². The predicted molar refractivity (Wildman–Crippen MR) is 77.4 cm³/mol. The summed E-state index contributed by atoms with van der Waals surface area (Å²) in [6.07, 6.45) is 0.610. The highest BCUT2D eigenvalue weighted by molar-refractivity contribution is 9.11. The number of nitrogens with zero attached hydrogens (tertiary/aromatic N) is 1. The van der Waals surface area contributed by atoms with Gasteiger partial charge in [-0.3, -0.25) is 4.79 Å². The molecule has 2 heterocycles. The number of hydrogen-bond acceptors (Lipinski definition) is 5. The maximum atomic E-state index is 10.4. The van der Waals surface area contributed by atoms with Crippen LogP contribution in [0.4, 0.5) is 5.13 Å². The number of aliphatic carboxylic acids is 1. The number of aryl methyl sites for hydroxylation is 1.